The van der Waals surface area contributed by atoms with E-state index in [0.717, 1.165) is 23.1 Å². The van der Waals surface area contributed by atoms with Crippen molar-refractivity contribution in [1.29, 1.82) is 0 Å². The minimum absolute atomic E-state index is 0.0424. The topological polar surface area (TPSA) is 56.9 Å². The summed E-state index contributed by atoms with van der Waals surface area (Å²) in [5, 5.41) is 7.12. The van der Waals surface area contributed by atoms with E-state index in [1.165, 1.54) is 0 Å². The number of anilines is 1. The van der Waals surface area contributed by atoms with Crippen LogP contribution in [0.15, 0.2) is 30.5 Å². The SMILES string of the molecule is CCNCCC(=O)Nc1ccc2[nH]ccc2c1. The molecule has 0 aliphatic heterocycles. The molecule has 4 heteroatoms. The Labute approximate surface area is 100 Å². The zero-order valence-electron chi connectivity index (χ0n) is 9.92. The molecule has 0 fully saturated rings. The van der Waals surface area contributed by atoms with E-state index < -0.39 is 0 Å². The van der Waals surface area contributed by atoms with Crippen molar-refractivity contribution in [3.8, 4) is 0 Å². The molecule has 90 valence electrons. The molecule has 0 unspecified atom stereocenters. The standard InChI is InChI=1S/C13H17N3O/c1-2-14-7-6-13(17)16-11-3-4-12-10(9-11)5-8-15-12/h3-5,8-9,14-15H,2,6-7H2,1H3,(H,16,17). The van der Waals surface area contributed by atoms with Gasteiger partial charge < -0.3 is 15.6 Å². The van der Waals surface area contributed by atoms with Gasteiger partial charge in [0.2, 0.25) is 5.91 Å². The van der Waals surface area contributed by atoms with Gasteiger partial charge in [-0.2, -0.15) is 0 Å². The first-order valence-electron chi connectivity index (χ1n) is 5.87. The monoisotopic (exact) mass is 231 g/mol. The Bertz CT molecular complexity index is 504. The van der Waals surface area contributed by atoms with Gasteiger partial charge in [0.25, 0.3) is 0 Å². The summed E-state index contributed by atoms with van der Waals surface area (Å²) in [5.41, 5.74) is 1.93. The van der Waals surface area contributed by atoms with Crippen LogP contribution in [0.5, 0.6) is 0 Å². The van der Waals surface area contributed by atoms with Crippen molar-refractivity contribution in [2.75, 3.05) is 18.4 Å². The van der Waals surface area contributed by atoms with Crippen LogP contribution in [0.25, 0.3) is 10.9 Å². The first kappa shape index (κ1) is 11.7. The van der Waals surface area contributed by atoms with Crippen molar-refractivity contribution in [1.82, 2.24) is 10.3 Å². The van der Waals surface area contributed by atoms with Crippen molar-refractivity contribution >= 4 is 22.5 Å². The van der Waals surface area contributed by atoms with E-state index in [4.69, 9.17) is 0 Å². The van der Waals surface area contributed by atoms with E-state index in [0.29, 0.717) is 13.0 Å². The summed E-state index contributed by atoms with van der Waals surface area (Å²) in [7, 11) is 0. The Morgan fingerprint density at radius 2 is 2.24 bits per heavy atom. The van der Waals surface area contributed by atoms with Crippen LogP contribution >= 0.6 is 0 Å². The Morgan fingerprint density at radius 1 is 1.35 bits per heavy atom. The molecule has 1 amide bonds. The van der Waals surface area contributed by atoms with E-state index in [9.17, 15) is 4.79 Å². The molecule has 0 saturated carbocycles. The number of amides is 1. The van der Waals surface area contributed by atoms with Crippen molar-refractivity contribution < 1.29 is 4.79 Å². The summed E-state index contributed by atoms with van der Waals surface area (Å²) in [6.07, 6.45) is 2.39. The van der Waals surface area contributed by atoms with Gasteiger partial charge in [-0.25, -0.2) is 0 Å². The van der Waals surface area contributed by atoms with Crippen LogP contribution < -0.4 is 10.6 Å². The number of H-pyrrole nitrogens is 1. The van der Waals surface area contributed by atoms with Crippen molar-refractivity contribution in [3.05, 3.63) is 30.5 Å². The summed E-state index contributed by atoms with van der Waals surface area (Å²) < 4.78 is 0. The lowest BCUT2D eigenvalue weighted by molar-refractivity contribution is -0.116. The van der Waals surface area contributed by atoms with Crippen molar-refractivity contribution in [2.24, 2.45) is 0 Å². The van der Waals surface area contributed by atoms with E-state index in [1.807, 2.05) is 37.4 Å². The van der Waals surface area contributed by atoms with Gasteiger partial charge in [0, 0.05) is 35.8 Å². The first-order chi connectivity index (χ1) is 8.29. The van der Waals surface area contributed by atoms with Gasteiger partial charge in [0.1, 0.15) is 0 Å². The molecule has 1 aromatic heterocycles. The first-order valence-corrected chi connectivity index (χ1v) is 5.87. The quantitative estimate of drug-likeness (QED) is 0.690. The van der Waals surface area contributed by atoms with Crippen LogP contribution in [-0.4, -0.2) is 24.0 Å². The average Bonchev–Trinajstić information content (AvgIpc) is 2.76. The van der Waals surface area contributed by atoms with Gasteiger partial charge >= 0.3 is 0 Å². The van der Waals surface area contributed by atoms with Crippen LogP contribution in [-0.2, 0) is 4.79 Å². The molecule has 2 rings (SSSR count). The van der Waals surface area contributed by atoms with E-state index >= 15 is 0 Å². The number of nitrogens with one attached hydrogen (secondary N) is 3. The summed E-state index contributed by atoms with van der Waals surface area (Å²) in [4.78, 5) is 14.7. The van der Waals surface area contributed by atoms with Crippen LogP contribution in [0.1, 0.15) is 13.3 Å². The molecule has 0 radical (unpaired) electrons. The summed E-state index contributed by atoms with van der Waals surface area (Å²) >= 11 is 0. The molecule has 0 atom stereocenters. The lowest BCUT2D eigenvalue weighted by atomic mass is 10.2. The number of aromatic nitrogens is 1. The highest BCUT2D eigenvalue weighted by Crippen LogP contribution is 2.17. The fourth-order valence-corrected chi connectivity index (χ4v) is 1.73. The van der Waals surface area contributed by atoms with Gasteiger partial charge in [-0.3, -0.25) is 4.79 Å². The third-order valence-electron chi connectivity index (χ3n) is 2.62. The van der Waals surface area contributed by atoms with Crippen LogP contribution in [0.4, 0.5) is 5.69 Å². The minimum Gasteiger partial charge on any atom is -0.361 e. The Kier molecular flexibility index (Phi) is 3.77. The third kappa shape index (κ3) is 3.07. The van der Waals surface area contributed by atoms with Gasteiger partial charge in [0.05, 0.1) is 0 Å². The Morgan fingerprint density at radius 3 is 3.06 bits per heavy atom. The molecule has 17 heavy (non-hydrogen) atoms. The molecular formula is C13H17N3O. The molecule has 0 bridgehead atoms. The zero-order chi connectivity index (χ0) is 12.1. The molecular weight excluding hydrogens is 214 g/mol. The normalized spacial score (nSPS) is 10.6. The highest BCUT2D eigenvalue weighted by atomic mass is 16.1. The molecule has 1 heterocycles. The predicted octanol–water partition coefficient (Wildman–Crippen LogP) is 2.11. The predicted molar refractivity (Wildman–Crippen MR) is 70.1 cm³/mol. The Hall–Kier alpha value is -1.81. The highest BCUT2D eigenvalue weighted by Gasteiger charge is 2.02. The summed E-state index contributed by atoms with van der Waals surface area (Å²) in [5.74, 6) is 0.0424. The maximum atomic E-state index is 11.6. The smallest absolute Gasteiger partial charge is 0.225 e. The van der Waals surface area contributed by atoms with E-state index in [2.05, 4.69) is 15.6 Å². The van der Waals surface area contributed by atoms with Gasteiger partial charge in [-0.05, 0) is 30.8 Å². The summed E-state index contributed by atoms with van der Waals surface area (Å²) in [6, 6.07) is 7.83. The molecule has 1 aromatic carbocycles. The molecule has 4 nitrogen and oxygen atoms in total. The van der Waals surface area contributed by atoms with Crippen LogP contribution in [0, 0.1) is 0 Å². The maximum absolute atomic E-state index is 11.6. The molecule has 0 spiro atoms. The second kappa shape index (κ2) is 5.50. The number of fused-ring (bicyclic) bond motifs is 1. The second-order valence-corrected chi connectivity index (χ2v) is 3.93. The number of hydrogen-bond donors (Lipinski definition) is 3. The molecule has 0 aliphatic rings. The number of benzene rings is 1. The van der Waals surface area contributed by atoms with E-state index in [-0.39, 0.29) is 5.91 Å². The molecule has 0 saturated heterocycles. The zero-order valence-corrected chi connectivity index (χ0v) is 9.92. The molecule has 0 aliphatic carbocycles. The number of carbonyl (C=O) groups excluding carboxylic acids is 1. The largest absolute Gasteiger partial charge is 0.361 e. The molecule has 3 N–H and O–H groups in total. The van der Waals surface area contributed by atoms with Crippen LogP contribution in [0.2, 0.25) is 0 Å². The van der Waals surface area contributed by atoms with Crippen molar-refractivity contribution in [2.45, 2.75) is 13.3 Å². The second-order valence-electron chi connectivity index (χ2n) is 3.93. The fourth-order valence-electron chi connectivity index (χ4n) is 1.73. The van der Waals surface area contributed by atoms with Crippen molar-refractivity contribution in [3.63, 3.8) is 0 Å². The minimum atomic E-state index is 0.0424. The lowest BCUT2D eigenvalue weighted by Gasteiger charge is -2.05. The van der Waals surface area contributed by atoms with Crippen LogP contribution in [0.3, 0.4) is 0 Å². The maximum Gasteiger partial charge on any atom is 0.225 e. The third-order valence-corrected chi connectivity index (χ3v) is 2.62. The van der Waals surface area contributed by atoms with Gasteiger partial charge in [-0.15, -0.1) is 0 Å². The number of carbonyl (C=O) groups is 1. The number of hydrogen-bond acceptors (Lipinski definition) is 2. The number of rotatable bonds is 5. The lowest BCUT2D eigenvalue weighted by Crippen LogP contribution is -2.21. The highest BCUT2D eigenvalue weighted by molar-refractivity contribution is 5.93. The molecule has 2 aromatic rings. The number of aromatic amines is 1. The average molecular weight is 231 g/mol. The Balaban J connectivity index is 1.95. The van der Waals surface area contributed by atoms with E-state index in [1.54, 1.807) is 0 Å². The summed E-state index contributed by atoms with van der Waals surface area (Å²) in [6.45, 7) is 3.63. The fraction of sp³-hybridized carbons (Fsp3) is 0.308. The van der Waals surface area contributed by atoms with Gasteiger partial charge in [-0.1, -0.05) is 6.92 Å². The van der Waals surface area contributed by atoms with Gasteiger partial charge in [0.15, 0.2) is 0 Å².